The molecule has 3 rings (SSSR count). The third-order valence-corrected chi connectivity index (χ3v) is 7.19. The maximum absolute atomic E-state index is 13.2. The molecule has 1 fully saturated rings. The van der Waals surface area contributed by atoms with E-state index in [9.17, 15) is 13.7 Å². The van der Waals surface area contributed by atoms with Crippen LogP contribution in [0.3, 0.4) is 0 Å². The Kier molecular flexibility index (Phi) is 4.88. The summed E-state index contributed by atoms with van der Waals surface area (Å²) in [6, 6.07) is 17.6. The van der Waals surface area contributed by atoms with Crippen LogP contribution in [0.5, 0.6) is 0 Å². The summed E-state index contributed by atoms with van der Waals surface area (Å²) in [4.78, 5) is 0.177. The van der Waals surface area contributed by atoms with Crippen LogP contribution in [0, 0.1) is 16.7 Å². The van der Waals surface area contributed by atoms with Gasteiger partial charge in [-0.05, 0) is 36.8 Å². The molecule has 1 aliphatic rings. The molecule has 130 valence electrons. The zero-order valence-corrected chi connectivity index (χ0v) is 15.3. The van der Waals surface area contributed by atoms with Gasteiger partial charge in [0.1, 0.15) is 5.41 Å². The highest BCUT2D eigenvalue weighted by molar-refractivity contribution is 7.92. The Bertz CT molecular complexity index is 891. The van der Waals surface area contributed by atoms with Crippen LogP contribution in [0.15, 0.2) is 59.5 Å². The maximum atomic E-state index is 13.2. The van der Waals surface area contributed by atoms with Crippen LogP contribution in [0.25, 0.3) is 0 Å². The second kappa shape index (κ2) is 6.80. The Labute approximate surface area is 152 Å². The number of halogens is 1. The van der Waals surface area contributed by atoms with Gasteiger partial charge in [-0.15, -0.1) is 0 Å². The molecule has 3 unspecified atom stereocenters. The molecule has 1 saturated carbocycles. The summed E-state index contributed by atoms with van der Waals surface area (Å²) < 4.78 is 31.8. The molecular weight excluding hydrogens is 358 g/mol. The van der Waals surface area contributed by atoms with E-state index >= 15 is 0 Å². The molecule has 0 bridgehead atoms. The number of hydrogen-bond donors (Lipinski definition) is 0. The van der Waals surface area contributed by atoms with E-state index in [0.717, 1.165) is 5.56 Å². The van der Waals surface area contributed by atoms with Crippen molar-refractivity contribution in [3.05, 3.63) is 65.2 Å². The van der Waals surface area contributed by atoms with Crippen LogP contribution in [-0.2, 0) is 14.6 Å². The van der Waals surface area contributed by atoms with Crippen molar-refractivity contribution in [2.24, 2.45) is 5.41 Å². The highest BCUT2D eigenvalue weighted by atomic mass is 35.5. The van der Waals surface area contributed by atoms with E-state index in [4.69, 9.17) is 16.3 Å². The first kappa shape index (κ1) is 17.9. The monoisotopic (exact) mass is 375 g/mol. The summed E-state index contributed by atoms with van der Waals surface area (Å²) in [5, 5.41) is 9.46. The molecule has 0 N–H and O–H groups in total. The van der Waals surface area contributed by atoms with Crippen LogP contribution in [0.4, 0.5) is 0 Å². The number of hydrogen-bond acceptors (Lipinski definition) is 4. The van der Waals surface area contributed by atoms with E-state index in [1.165, 1.54) is 12.1 Å². The van der Waals surface area contributed by atoms with E-state index in [1.807, 2.05) is 37.3 Å². The summed E-state index contributed by atoms with van der Waals surface area (Å²) in [5.74, 6) is -0.411. The van der Waals surface area contributed by atoms with Crippen LogP contribution >= 0.6 is 11.6 Å². The van der Waals surface area contributed by atoms with Gasteiger partial charge >= 0.3 is 0 Å². The van der Waals surface area contributed by atoms with Crippen molar-refractivity contribution in [3.8, 4) is 6.07 Å². The second-order valence-electron chi connectivity index (χ2n) is 6.10. The lowest BCUT2D eigenvalue weighted by Gasteiger charge is -2.09. The highest BCUT2D eigenvalue weighted by Crippen LogP contribution is 2.63. The minimum Gasteiger partial charge on any atom is -0.380 e. The summed E-state index contributed by atoms with van der Waals surface area (Å²) in [5.41, 5.74) is -0.234. The van der Waals surface area contributed by atoms with Crippen molar-refractivity contribution in [3.63, 3.8) is 0 Å². The van der Waals surface area contributed by atoms with E-state index in [-0.39, 0.29) is 11.5 Å². The molecule has 0 radical (unpaired) electrons. The normalized spacial score (nSPS) is 25.3. The predicted molar refractivity (Wildman–Crippen MR) is 96.1 cm³/mol. The van der Waals surface area contributed by atoms with Gasteiger partial charge in [-0.25, -0.2) is 8.42 Å². The Morgan fingerprint density at radius 3 is 2.36 bits per heavy atom. The van der Waals surface area contributed by atoms with Gasteiger partial charge in [0.15, 0.2) is 9.84 Å². The Morgan fingerprint density at radius 2 is 1.80 bits per heavy atom. The van der Waals surface area contributed by atoms with Crippen molar-refractivity contribution in [1.29, 1.82) is 5.26 Å². The number of nitriles is 1. The first-order valence-electron chi connectivity index (χ1n) is 8.01. The van der Waals surface area contributed by atoms with Gasteiger partial charge in [0, 0.05) is 17.5 Å². The van der Waals surface area contributed by atoms with Crippen LogP contribution < -0.4 is 0 Å². The van der Waals surface area contributed by atoms with Gasteiger partial charge in [0.05, 0.1) is 22.8 Å². The Balaban J connectivity index is 2.05. The van der Waals surface area contributed by atoms with Crippen molar-refractivity contribution in [1.82, 2.24) is 0 Å². The molecular formula is C19H18ClNO3S. The molecule has 0 aromatic heterocycles. The summed E-state index contributed by atoms with van der Waals surface area (Å²) in [6.45, 7) is 2.35. The Morgan fingerprint density at radius 1 is 1.16 bits per heavy atom. The van der Waals surface area contributed by atoms with Gasteiger partial charge in [-0.3, -0.25) is 0 Å². The zero-order valence-electron chi connectivity index (χ0n) is 13.7. The van der Waals surface area contributed by atoms with Gasteiger partial charge in [-0.1, -0.05) is 41.9 Å². The number of sulfone groups is 1. The molecule has 2 aromatic rings. The fraction of sp³-hybridized carbons (Fsp3) is 0.316. The molecule has 0 spiro atoms. The minimum absolute atomic E-state index is 0.0943. The van der Waals surface area contributed by atoms with E-state index in [2.05, 4.69) is 6.07 Å². The third-order valence-electron chi connectivity index (χ3n) is 4.64. The summed E-state index contributed by atoms with van der Waals surface area (Å²) in [6.07, 6.45) is 0. The minimum atomic E-state index is -3.69. The number of rotatable bonds is 6. The number of nitrogens with zero attached hydrogens (tertiary/aromatic N) is 1. The average Bonchev–Trinajstić information content (AvgIpc) is 3.31. The second-order valence-corrected chi connectivity index (χ2v) is 8.60. The molecule has 25 heavy (non-hydrogen) atoms. The van der Waals surface area contributed by atoms with Gasteiger partial charge < -0.3 is 4.74 Å². The van der Waals surface area contributed by atoms with Crippen molar-refractivity contribution >= 4 is 21.4 Å². The van der Waals surface area contributed by atoms with E-state index < -0.39 is 26.4 Å². The largest absolute Gasteiger partial charge is 0.380 e. The quantitative estimate of drug-likeness (QED) is 0.769. The number of ether oxygens (including phenoxy) is 1. The van der Waals surface area contributed by atoms with Gasteiger partial charge in [0.25, 0.3) is 0 Å². The van der Waals surface area contributed by atoms with Crippen molar-refractivity contribution < 1.29 is 13.2 Å². The molecule has 1 aliphatic carbocycles. The smallest absolute Gasteiger partial charge is 0.183 e. The molecule has 0 amide bonds. The lowest BCUT2D eigenvalue weighted by molar-refractivity contribution is 0.117. The molecule has 3 atom stereocenters. The third kappa shape index (κ3) is 3.06. The lowest BCUT2D eigenvalue weighted by atomic mass is 10.0. The zero-order chi connectivity index (χ0) is 18.1. The fourth-order valence-electron chi connectivity index (χ4n) is 3.37. The van der Waals surface area contributed by atoms with Gasteiger partial charge in [-0.2, -0.15) is 5.26 Å². The highest BCUT2D eigenvalue weighted by Gasteiger charge is 2.72. The fourth-order valence-corrected chi connectivity index (χ4v) is 5.81. The molecule has 6 heteroatoms. The first-order valence-corrected chi connectivity index (χ1v) is 9.93. The standard InChI is InChI=1S/C19H18ClNO3S/c1-2-24-13-19(12-21)17(14-6-4-3-5-7-14)18(19)25(22,23)16-10-8-15(20)9-11-16/h3-11,17-18H,2,13H2,1H3. The summed E-state index contributed by atoms with van der Waals surface area (Å²) >= 11 is 5.87. The number of benzene rings is 2. The molecule has 0 heterocycles. The molecule has 0 aliphatic heterocycles. The van der Waals surface area contributed by atoms with Crippen LogP contribution in [0.2, 0.25) is 5.02 Å². The molecule has 0 saturated heterocycles. The van der Waals surface area contributed by atoms with Crippen molar-refractivity contribution in [2.45, 2.75) is 23.0 Å². The SMILES string of the molecule is CCOCC1(C#N)C(c2ccccc2)C1S(=O)(=O)c1ccc(Cl)cc1. The Hall–Kier alpha value is -1.87. The van der Waals surface area contributed by atoms with Crippen LogP contribution in [-0.4, -0.2) is 26.9 Å². The summed E-state index contributed by atoms with van der Waals surface area (Å²) in [7, 11) is -3.69. The molecule has 2 aromatic carbocycles. The first-order chi connectivity index (χ1) is 12.0. The predicted octanol–water partition coefficient (Wildman–Crippen LogP) is 3.83. The average molecular weight is 376 g/mol. The van der Waals surface area contributed by atoms with E-state index in [1.54, 1.807) is 12.1 Å². The van der Waals surface area contributed by atoms with Crippen LogP contribution in [0.1, 0.15) is 18.4 Å². The molecule has 4 nitrogen and oxygen atoms in total. The topological polar surface area (TPSA) is 67.2 Å². The maximum Gasteiger partial charge on any atom is 0.183 e. The van der Waals surface area contributed by atoms with E-state index in [0.29, 0.717) is 11.6 Å². The van der Waals surface area contributed by atoms with Crippen molar-refractivity contribution in [2.75, 3.05) is 13.2 Å². The van der Waals surface area contributed by atoms with Gasteiger partial charge in [0.2, 0.25) is 0 Å². The lowest BCUT2D eigenvalue weighted by Crippen LogP contribution is -2.19.